The van der Waals surface area contributed by atoms with Crippen molar-refractivity contribution in [3.8, 4) is 5.75 Å². The molecule has 0 radical (unpaired) electrons. The van der Waals surface area contributed by atoms with E-state index in [4.69, 9.17) is 4.74 Å². The first-order valence-corrected chi connectivity index (χ1v) is 10.7. The van der Waals surface area contributed by atoms with Crippen LogP contribution in [0.25, 0.3) is 5.57 Å². The number of amides is 2. The minimum atomic E-state index is -0.836. The number of likely N-dealkylation sites (N-methyl/N-ethyl adjacent to an activating group) is 1. The molecule has 6 nitrogen and oxygen atoms in total. The topological polar surface area (TPSA) is 78.9 Å². The molecule has 1 atom stereocenters. The molecule has 0 aromatic heterocycles. The van der Waals surface area contributed by atoms with Gasteiger partial charge in [0.05, 0.1) is 19.6 Å². The molecule has 0 fully saturated rings. The summed E-state index contributed by atoms with van der Waals surface area (Å²) in [5, 5.41) is 12.4. The molecule has 2 N–H and O–H groups in total. The van der Waals surface area contributed by atoms with Gasteiger partial charge < -0.3 is 14.7 Å². The summed E-state index contributed by atoms with van der Waals surface area (Å²) in [5.74, 6) is -1.20. The molecule has 0 saturated carbocycles. The lowest BCUT2D eigenvalue weighted by Crippen LogP contribution is -2.41. The number of benzene rings is 3. The summed E-state index contributed by atoms with van der Waals surface area (Å²) in [6.07, 6.45) is 0. The molecule has 0 saturated heterocycles. The Kier molecular flexibility index (Phi) is 6.56. The molecule has 0 bridgehead atoms. The number of aliphatic hydroxyl groups excluding tert-OH is 1. The number of hydrogen-bond donors (Lipinski definition) is 2. The van der Waals surface area contributed by atoms with Crippen molar-refractivity contribution < 1.29 is 19.4 Å². The second-order valence-electron chi connectivity index (χ2n) is 7.93. The van der Waals surface area contributed by atoms with Crippen LogP contribution < -0.4 is 10.1 Å². The van der Waals surface area contributed by atoms with Gasteiger partial charge in [0.1, 0.15) is 11.4 Å². The Hall–Kier alpha value is -3.90. The summed E-state index contributed by atoms with van der Waals surface area (Å²) in [7, 11) is 3.43. The molecule has 1 aliphatic heterocycles. The third-order valence-electron chi connectivity index (χ3n) is 5.83. The molecule has 0 spiro atoms. The maximum absolute atomic E-state index is 13.5. The van der Waals surface area contributed by atoms with Crippen molar-refractivity contribution in [1.82, 2.24) is 10.2 Å². The van der Waals surface area contributed by atoms with Gasteiger partial charge in [0.2, 0.25) is 5.91 Å². The molecular weight excluding hydrogens is 416 g/mol. The highest BCUT2D eigenvalue weighted by atomic mass is 16.5. The summed E-state index contributed by atoms with van der Waals surface area (Å²) in [4.78, 5) is 28.3. The summed E-state index contributed by atoms with van der Waals surface area (Å²) in [5.41, 5.74) is 4.56. The van der Waals surface area contributed by atoms with Gasteiger partial charge in [0.15, 0.2) is 0 Å². The number of nitrogens with one attached hydrogen (secondary N) is 1. The molecule has 4 rings (SSSR count). The smallest absolute Gasteiger partial charge is 0.274 e. The lowest BCUT2D eigenvalue weighted by molar-refractivity contribution is -0.130. The van der Waals surface area contributed by atoms with Gasteiger partial charge in [-0.25, -0.2) is 0 Å². The highest BCUT2D eigenvalue weighted by Gasteiger charge is 2.31. The van der Waals surface area contributed by atoms with Crippen molar-refractivity contribution in [2.45, 2.75) is 12.5 Å². The Labute approximate surface area is 193 Å². The van der Waals surface area contributed by atoms with Gasteiger partial charge >= 0.3 is 0 Å². The van der Waals surface area contributed by atoms with Crippen LogP contribution in [0.5, 0.6) is 5.75 Å². The van der Waals surface area contributed by atoms with E-state index < -0.39 is 24.3 Å². The Morgan fingerprint density at radius 3 is 2.33 bits per heavy atom. The van der Waals surface area contributed by atoms with Gasteiger partial charge in [0.25, 0.3) is 5.91 Å². The van der Waals surface area contributed by atoms with E-state index in [1.807, 2.05) is 66.5 Å². The first-order valence-electron chi connectivity index (χ1n) is 10.7. The third-order valence-corrected chi connectivity index (χ3v) is 5.83. The van der Waals surface area contributed by atoms with E-state index in [0.717, 1.165) is 22.3 Å². The molecule has 1 heterocycles. The molecular formula is C27H26N2O4. The van der Waals surface area contributed by atoms with E-state index in [0.29, 0.717) is 23.6 Å². The van der Waals surface area contributed by atoms with Crippen LogP contribution in [0.15, 0.2) is 84.6 Å². The minimum Gasteiger partial charge on any atom is -0.497 e. The number of carbonyl (C=O) groups is 2. The largest absolute Gasteiger partial charge is 0.497 e. The first kappa shape index (κ1) is 22.3. The Morgan fingerprint density at radius 2 is 1.70 bits per heavy atom. The van der Waals surface area contributed by atoms with Gasteiger partial charge in [-0.2, -0.15) is 0 Å². The summed E-state index contributed by atoms with van der Waals surface area (Å²) < 4.78 is 5.43. The zero-order chi connectivity index (χ0) is 23.4. The molecule has 1 unspecified atom stereocenters. The molecule has 2 amide bonds. The number of rotatable bonds is 6. The number of carbonyl (C=O) groups excluding carboxylic acids is 2. The normalized spacial score (nSPS) is 13.8. The van der Waals surface area contributed by atoms with Crippen molar-refractivity contribution >= 4 is 17.4 Å². The Bertz CT molecular complexity index is 1190. The molecule has 0 aliphatic carbocycles. The highest BCUT2D eigenvalue weighted by Crippen LogP contribution is 2.37. The van der Waals surface area contributed by atoms with Crippen LogP contribution in [0, 0.1) is 0 Å². The van der Waals surface area contributed by atoms with Crippen LogP contribution in [0.2, 0.25) is 0 Å². The molecule has 168 valence electrons. The van der Waals surface area contributed by atoms with Crippen molar-refractivity contribution in [2.24, 2.45) is 0 Å². The third kappa shape index (κ3) is 4.52. The maximum Gasteiger partial charge on any atom is 0.274 e. The van der Waals surface area contributed by atoms with Crippen LogP contribution in [-0.2, 0) is 16.1 Å². The van der Waals surface area contributed by atoms with Crippen LogP contribution in [-0.4, -0.2) is 42.6 Å². The zero-order valence-corrected chi connectivity index (χ0v) is 18.6. The lowest BCUT2D eigenvalue weighted by Gasteiger charge is -2.32. The van der Waals surface area contributed by atoms with E-state index in [2.05, 4.69) is 5.32 Å². The van der Waals surface area contributed by atoms with Crippen LogP contribution in [0.3, 0.4) is 0 Å². The second-order valence-corrected chi connectivity index (χ2v) is 7.93. The molecule has 1 aliphatic rings. The van der Waals surface area contributed by atoms with E-state index in [-0.39, 0.29) is 0 Å². The van der Waals surface area contributed by atoms with Crippen LogP contribution in [0.4, 0.5) is 0 Å². The van der Waals surface area contributed by atoms with Gasteiger partial charge in [0, 0.05) is 19.2 Å². The van der Waals surface area contributed by atoms with E-state index in [1.165, 1.54) is 0 Å². The van der Waals surface area contributed by atoms with E-state index >= 15 is 0 Å². The minimum absolute atomic E-state index is 0.389. The summed E-state index contributed by atoms with van der Waals surface area (Å²) in [6.45, 7) is 0.109. The first-order chi connectivity index (χ1) is 16.0. The predicted octanol–water partition coefficient (Wildman–Crippen LogP) is 3.32. The highest BCUT2D eigenvalue weighted by molar-refractivity contribution is 6.11. The fourth-order valence-corrected chi connectivity index (χ4v) is 4.17. The number of imide groups is 1. The fraction of sp³-hybridized carbons (Fsp3) is 0.185. The summed E-state index contributed by atoms with van der Waals surface area (Å²) >= 11 is 0. The van der Waals surface area contributed by atoms with E-state index in [1.54, 1.807) is 31.4 Å². The number of nitrogens with zero attached hydrogens (tertiary/aromatic N) is 1. The number of fused-ring (bicyclic) bond motifs is 1. The maximum atomic E-state index is 13.5. The average molecular weight is 443 g/mol. The van der Waals surface area contributed by atoms with Crippen molar-refractivity contribution in [3.05, 3.63) is 107 Å². The molecule has 33 heavy (non-hydrogen) atoms. The molecule has 6 heteroatoms. The van der Waals surface area contributed by atoms with Crippen molar-refractivity contribution in [2.75, 3.05) is 20.8 Å². The van der Waals surface area contributed by atoms with Crippen molar-refractivity contribution in [1.29, 1.82) is 0 Å². The summed E-state index contributed by atoms with van der Waals surface area (Å²) in [6, 6.07) is 24.4. The second kappa shape index (κ2) is 9.71. The standard InChI is InChI=1S/C27H26N2O4/c1-29-16-20-13-14-21(33-2)15-22(20)24(19-11-7-4-8-12-19)25(29)27(32)28-26(31)23(17-30)18-9-5-3-6-10-18/h3-15,23,30H,16-17H2,1-2H3,(H,28,31,32). The van der Waals surface area contributed by atoms with Gasteiger partial charge in [-0.15, -0.1) is 0 Å². The number of hydrogen-bond acceptors (Lipinski definition) is 5. The van der Waals surface area contributed by atoms with Crippen molar-refractivity contribution in [3.63, 3.8) is 0 Å². The molecule has 3 aromatic rings. The van der Waals surface area contributed by atoms with Crippen LogP contribution >= 0.6 is 0 Å². The van der Waals surface area contributed by atoms with Crippen LogP contribution in [0.1, 0.15) is 28.2 Å². The van der Waals surface area contributed by atoms with Gasteiger partial charge in [-0.1, -0.05) is 66.7 Å². The fourth-order valence-electron chi connectivity index (χ4n) is 4.17. The predicted molar refractivity (Wildman–Crippen MR) is 126 cm³/mol. The lowest BCUT2D eigenvalue weighted by atomic mass is 9.88. The zero-order valence-electron chi connectivity index (χ0n) is 18.6. The SMILES string of the molecule is COc1ccc2c(c1)C(c1ccccc1)=C(C(=O)NC(=O)C(CO)c1ccccc1)N(C)C2. The Morgan fingerprint density at radius 1 is 1.03 bits per heavy atom. The van der Waals surface area contributed by atoms with E-state index in [9.17, 15) is 14.7 Å². The quantitative estimate of drug-likeness (QED) is 0.612. The number of aliphatic hydroxyl groups is 1. The molecule has 3 aromatic carbocycles. The average Bonchev–Trinajstić information content (AvgIpc) is 2.84. The van der Waals surface area contributed by atoms with Gasteiger partial charge in [-0.05, 0) is 34.4 Å². The number of methoxy groups -OCH3 is 1. The number of ether oxygens (including phenoxy) is 1. The Balaban J connectivity index is 1.77. The monoisotopic (exact) mass is 442 g/mol. The van der Waals surface area contributed by atoms with Gasteiger partial charge in [-0.3, -0.25) is 14.9 Å².